The Morgan fingerprint density at radius 2 is 1.56 bits per heavy atom. The maximum Gasteiger partial charge on any atom is 0.264 e. The second-order valence-electron chi connectivity index (χ2n) is 9.55. The highest BCUT2D eigenvalue weighted by atomic mass is 35.5. The van der Waals surface area contributed by atoms with Crippen molar-refractivity contribution in [1.29, 1.82) is 0 Å². The smallest absolute Gasteiger partial charge is 0.264 e. The molecule has 3 rings (SSSR count). The van der Waals surface area contributed by atoms with Crippen molar-refractivity contribution in [3.05, 3.63) is 89.2 Å². The van der Waals surface area contributed by atoms with Crippen molar-refractivity contribution in [2.24, 2.45) is 0 Å². The monoisotopic (exact) mass is 603 g/mol. The minimum absolute atomic E-state index is 0.0252. The molecule has 0 saturated heterocycles. The number of amides is 2. The van der Waals surface area contributed by atoms with Gasteiger partial charge in [-0.3, -0.25) is 13.9 Å². The molecule has 2 atom stereocenters. The Kier molecular flexibility index (Phi) is 11.1. The topological polar surface area (TPSA) is 96.0 Å². The Morgan fingerprint density at radius 3 is 2.10 bits per heavy atom. The third-order valence-electron chi connectivity index (χ3n) is 6.69. The average Bonchev–Trinajstić information content (AvgIpc) is 2.97. The number of hydrogen-bond acceptors (Lipinski definition) is 5. The van der Waals surface area contributed by atoms with E-state index in [9.17, 15) is 22.4 Å². The van der Waals surface area contributed by atoms with E-state index in [1.54, 1.807) is 6.92 Å². The molecule has 220 valence electrons. The summed E-state index contributed by atoms with van der Waals surface area (Å²) in [5, 5.41) is 3.31. The van der Waals surface area contributed by atoms with Crippen LogP contribution in [-0.4, -0.2) is 50.9 Å². The predicted octanol–water partition coefficient (Wildman–Crippen LogP) is 5.41. The van der Waals surface area contributed by atoms with Gasteiger partial charge in [-0.25, -0.2) is 12.8 Å². The van der Waals surface area contributed by atoms with Gasteiger partial charge in [-0.05, 0) is 86.0 Å². The third kappa shape index (κ3) is 8.20. The van der Waals surface area contributed by atoms with Crippen molar-refractivity contribution in [3.8, 4) is 5.75 Å². The molecule has 41 heavy (non-hydrogen) atoms. The van der Waals surface area contributed by atoms with E-state index in [0.717, 1.165) is 4.31 Å². The first-order valence-corrected chi connectivity index (χ1v) is 15.1. The third-order valence-corrected chi connectivity index (χ3v) is 8.73. The van der Waals surface area contributed by atoms with Gasteiger partial charge >= 0.3 is 0 Å². The number of sulfonamides is 1. The fourth-order valence-electron chi connectivity index (χ4n) is 4.16. The van der Waals surface area contributed by atoms with Gasteiger partial charge in [0.25, 0.3) is 10.0 Å². The summed E-state index contributed by atoms with van der Waals surface area (Å²) in [6, 6.07) is 16.5. The Morgan fingerprint density at radius 1 is 0.951 bits per heavy atom. The van der Waals surface area contributed by atoms with Gasteiger partial charge < -0.3 is 15.0 Å². The molecule has 0 spiro atoms. The molecule has 2 amide bonds. The van der Waals surface area contributed by atoms with Crippen LogP contribution in [0.4, 0.5) is 10.1 Å². The summed E-state index contributed by atoms with van der Waals surface area (Å²) in [6.45, 7) is 4.95. The largest absolute Gasteiger partial charge is 0.497 e. The molecule has 0 radical (unpaired) electrons. The zero-order valence-corrected chi connectivity index (χ0v) is 25.1. The van der Waals surface area contributed by atoms with Gasteiger partial charge in [0.05, 0.1) is 17.7 Å². The van der Waals surface area contributed by atoms with Crippen molar-refractivity contribution >= 4 is 39.1 Å². The molecule has 0 aromatic heterocycles. The van der Waals surface area contributed by atoms with Crippen molar-refractivity contribution < 1.29 is 27.1 Å². The maximum atomic E-state index is 14.0. The number of anilines is 1. The lowest BCUT2D eigenvalue weighted by Gasteiger charge is -2.33. The molecule has 0 fully saturated rings. The summed E-state index contributed by atoms with van der Waals surface area (Å²) in [4.78, 5) is 28.6. The highest BCUT2D eigenvalue weighted by molar-refractivity contribution is 7.92. The van der Waals surface area contributed by atoms with E-state index in [4.69, 9.17) is 16.3 Å². The highest BCUT2D eigenvalue weighted by Gasteiger charge is 2.34. The van der Waals surface area contributed by atoms with Crippen LogP contribution in [0.1, 0.15) is 39.2 Å². The first kappa shape index (κ1) is 31.9. The van der Waals surface area contributed by atoms with Crippen LogP contribution in [0.3, 0.4) is 0 Å². The van der Waals surface area contributed by atoms with Crippen LogP contribution in [0, 0.1) is 5.82 Å². The van der Waals surface area contributed by atoms with Gasteiger partial charge in [-0.1, -0.05) is 37.6 Å². The van der Waals surface area contributed by atoms with Gasteiger partial charge in [-0.15, -0.1) is 0 Å². The molecule has 0 aliphatic carbocycles. The number of methoxy groups -OCH3 is 1. The fraction of sp³-hybridized carbons (Fsp3) is 0.333. The van der Waals surface area contributed by atoms with E-state index < -0.39 is 34.3 Å². The molecule has 0 bridgehead atoms. The minimum Gasteiger partial charge on any atom is -0.497 e. The van der Waals surface area contributed by atoms with Crippen LogP contribution in [0.2, 0.25) is 5.02 Å². The highest BCUT2D eigenvalue weighted by Crippen LogP contribution is 2.27. The number of hydrogen-bond donors (Lipinski definition) is 1. The molecule has 0 heterocycles. The Labute approximate surface area is 246 Å². The molecular weight excluding hydrogens is 569 g/mol. The first-order chi connectivity index (χ1) is 19.5. The normalized spacial score (nSPS) is 12.7. The van der Waals surface area contributed by atoms with E-state index in [2.05, 4.69) is 5.32 Å². The molecule has 3 aromatic rings. The SMILES string of the molecule is CC[C@H](C(=O)N[C@@H](C)CC)N(Cc1ccc(F)cc1)C(=O)CN(c1ccc(Cl)cc1)S(=O)(=O)c1ccc(OC)cc1. The summed E-state index contributed by atoms with van der Waals surface area (Å²) in [7, 11) is -2.77. The number of carbonyl (C=O) groups is 2. The van der Waals surface area contributed by atoms with Crippen molar-refractivity contribution in [2.45, 2.75) is 57.1 Å². The first-order valence-electron chi connectivity index (χ1n) is 13.3. The standard InChI is InChI=1S/C30H35ClFN3O5S/c1-5-21(3)33-30(37)28(6-2)34(19-22-7-11-24(32)12-8-22)29(36)20-35(25-13-9-23(31)10-14-25)41(38,39)27-17-15-26(40-4)16-18-27/h7-18,21,28H,5-6,19-20H2,1-4H3,(H,33,37)/t21-,28+/m0/s1. The lowest BCUT2D eigenvalue weighted by atomic mass is 10.1. The fourth-order valence-corrected chi connectivity index (χ4v) is 5.70. The number of nitrogens with one attached hydrogen (secondary N) is 1. The molecule has 1 N–H and O–H groups in total. The molecule has 0 aliphatic heterocycles. The van der Waals surface area contributed by atoms with E-state index in [1.807, 2.05) is 13.8 Å². The van der Waals surface area contributed by atoms with Gasteiger partial charge in [0.2, 0.25) is 11.8 Å². The van der Waals surface area contributed by atoms with Gasteiger partial charge in [-0.2, -0.15) is 0 Å². The average molecular weight is 604 g/mol. The molecule has 8 nitrogen and oxygen atoms in total. The summed E-state index contributed by atoms with van der Waals surface area (Å²) in [5.41, 5.74) is 0.808. The number of rotatable bonds is 13. The van der Waals surface area contributed by atoms with Gasteiger partial charge in [0, 0.05) is 17.6 Å². The van der Waals surface area contributed by atoms with Crippen LogP contribution in [0.25, 0.3) is 0 Å². The minimum atomic E-state index is -4.24. The van der Waals surface area contributed by atoms with Crippen LogP contribution >= 0.6 is 11.6 Å². The molecule has 3 aromatic carbocycles. The quantitative estimate of drug-likeness (QED) is 0.282. The summed E-state index contributed by atoms with van der Waals surface area (Å²) >= 11 is 6.06. The van der Waals surface area contributed by atoms with Crippen LogP contribution in [0.5, 0.6) is 5.75 Å². The molecule has 0 unspecified atom stereocenters. The van der Waals surface area contributed by atoms with Crippen LogP contribution in [0.15, 0.2) is 77.7 Å². The molecule has 0 aliphatic rings. The van der Waals surface area contributed by atoms with E-state index in [-0.39, 0.29) is 35.5 Å². The van der Waals surface area contributed by atoms with Crippen molar-refractivity contribution in [3.63, 3.8) is 0 Å². The summed E-state index contributed by atoms with van der Waals surface area (Å²) < 4.78 is 47.5. The van der Waals surface area contributed by atoms with E-state index in [0.29, 0.717) is 22.8 Å². The van der Waals surface area contributed by atoms with E-state index in [1.165, 1.54) is 84.8 Å². The summed E-state index contributed by atoms with van der Waals surface area (Å²) in [5.74, 6) is -0.921. The zero-order valence-electron chi connectivity index (χ0n) is 23.5. The van der Waals surface area contributed by atoms with Gasteiger partial charge in [0.1, 0.15) is 24.2 Å². The van der Waals surface area contributed by atoms with E-state index >= 15 is 0 Å². The van der Waals surface area contributed by atoms with Crippen molar-refractivity contribution in [2.75, 3.05) is 18.0 Å². The number of nitrogens with zero attached hydrogens (tertiary/aromatic N) is 2. The lowest BCUT2D eigenvalue weighted by molar-refractivity contribution is -0.140. The predicted molar refractivity (Wildman–Crippen MR) is 158 cm³/mol. The number of carbonyl (C=O) groups excluding carboxylic acids is 2. The Hall–Kier alpha value is -3.63. The maximum absolute atomic E-state index is 14.0. The Bertz CT molecular complexity index is 1420. The second-order valence-corrected chi connectivity index (χ2v) is 11.9. The lowest BCUT2D eigenvalue weighted by Crippen LogP contribution is -2.53. The summed E-state index contributed by atoms with van der Waals surface area (Å²) in [6.07, 6.45) is 0.972. The van der Waals surface area contributed by atoms with Crippen LogP contribution < -0.4 is 14.4 Å². The second kappa shape index (κ2) is 14.3. The molecule has 11 heteroatoms. The number of benzene rings is 3. The van der Waals surface area contributed by atoms with Gasteiger partial charge in [0.15, 0.2) is 0 Å². The molecular formula is C30H35ClFN3O5S. The Balaban J connectivity index is 2.05. The number of ether oxygens (including phenoxy) is 1. The molecule has 0 saturated carbocycles. The van der Waals surface area contributed by atoms with Crippen molar-refractivity contribution in [1.82, 2.24) is 10.2 Å². The zero-order chi connectivity index (χ0) is 30.2. The number of halogens is 2. The van der Waals surface area contributed by atoms with Crippen LogP contribution in [-0.2, 0) is 26.2 Å².